The molecule has 0 aliphatic rings. The minimum atomic E-state index is -0.109. The molecule has 4 amide bonds. The summed E-state index contributed by atoms with van der Waals surface area (Å²) in [5.74, 6) is -0.368. The predicted octanol–water partition coefficient (Wildman–Crippen LogP) is 4.40. The van der Waals surface area contributed by atoms with E-state index in [1.54, 1.807) is 76.7 Å². The molecule has 35 heavy (non-hydrogen) atoms. The standard InChI is InChI=1S/C27H36N4O4/c1-30(2)26(34)20-12-10-14-22(18-20)28-24(32)16-8-6-5-7-9-17-25(33)29-23-15-11-13-21(19-23)27(35)31(3)4/h10-15,18-19H,5-9,16-17H2,1-4H3,(H,28,32)(H,29,33). The van der Waals surface area contributed by atoms with Crippen molar-refractivity contribution in [2.45, 2.75) is 44.9 Å². The van der Waals surface area contributed by atoms with E-state index in [9.17, 15) is 19.2 Å². The highest BCUT2D eigenvalue weighted by Crippen LogP contribution is 2.15. The fourth-order valence-corrected chi connectivity index (χ4v) is 3.52. The Labute approximate surface area is 207 Å². The smallest absolute Gasteiger partial charge is 0.253 e. The molecule has 0 aliphatic heterocycles. The summed E-state index contributed by atoms with van der Waals surface area (Å²) in [6, 6.07) is 13.9. The topological polar surface area (TPSA) is 98.8 Å². The zero-order valence-electron chi connectivity index (χ0n) is 21.1. The Kier molecular flexibility index (Phi) is 10.9. The Morgan fingerprint density at radius 2 is 0.971 bits per heavy atom. The molecule has 0 saturated heterocycles. The second-order valence-corrected chi connectivity index (χ2v) is 8.92. The Hall–Kier alpha value is -3.68. The van der Waals surface area contributed by atoms with Crippen molar-refractivity contribution >= 4 is 35.0 Å². The number of hydrogen-bond donors (Lipinski definition) is 2. The average molecular weight is 481 g/mol. The lowest BCUT2D eigenvalue weighted by atomic mass is 10.1. The normalized spacial score (nSPS) is 10.4. The van der Waals surface area contributed by atoms with Crippen LogP contribution in [0.3, 0.4) is 0 Å². The van der Waals surface area contributed by atoms with Crippen LogP contribution in [0, 0.1) is 0 Å². The summed E-state index contributed by atoms with van der Waals surface area (Å²) in [5, 5.41) is 5.69. The first kappa shape index (κ1) is 27.6. The van der Waals surface area contributed by atoms with E-state index >= 15 is 0 Å². The number of carbonyl (C=O) groups excluding carboxylic acids is 4. The third-order valence-corrected chi connectivity index (χ3v) is 5.41. The van der Waals surface area contributed by atoms with Crippen molar-refractivity contribution in [2.75, 3.05) is 38.8 Å². The number of hydrogen-bond acceptors (Lipinski definition) is 4. The molecule has 2 aromatic rings. The first-order valence-electron chi connectivity index (χ1n) is 11.9. The summed E-state index contributed by atoms with van der Waals surface area (Å²) >= 11 is 0. The number of carbonyl (C=O) groups is 4. The van der Waals surface area contributed by atoms with Crippen LogP contribution in [0.2, 0.25) is 0 Å². The Morgan fingerprint density at radius 1 is 0.600 bits per heavy atom. The van der Waals surface area contributed by atoms with Crippen LogP contribution in [-0.4, -0.2) is 61.6 Å². The molecule has 0 bridgehead atoms. The van der Waals surface area contributed by atoms with Crippen molar-refractivity contribution in [1.29, 1.82) is 0 Å². The average Bonchev–Trinajstić information content (AvgIpc) is 2.82. The number of rotatable bonds is 12. The maximum Gasteiger partial charge on any atom is 0.253 e. The minimum absolute atomic E-state index is 0.0752. The third kappa shape index (κ3) is 9.60. The summed E-state index contributed by atoms with van der Waals surface area (Å²) in [6.45, 7) is 0. The van der Waals surface area contributed by atoms with Gasteiger partial charge in [-0.1, -0.05) is 31.4 Å². The molecular formula is C27H36N4O4. The fourth-order valence-electron chi connectivity index (χ4n) is 3.52. The number of unbranched alkanes of at least 4 members (excludes halogenated alkanes) is 4. The number of anilines is 2. The highest BCUT2D eigenvalue weighted by atomic mass is 16.2. The van der Waals surface area contributed by atoms with Crippen molar-refractivity contribution in [3.63, 3.8) is 0 Å². The molecule has 2 aromatic carbocycles. The first-order chi connectivity index (χ1) is 16.7. The van der Waals surface area contributed by atoms with Crippen LogP contribution in [0.25, 0.3) is 0 Å². The molecule has 0 fully saturated rings. The van der Waals surface area contributed by atoms with Crippen molar-refractivity contribution in [3.8, 4) is 0 Å². The van der Waals surface area contributed by atoms with E-state index in [4.69, 9.17) is 0 Å². The summed E-state index contributed by atoms with van der Waals surface area (Å²) in [5.41, 5.74) is 2.30. The summed E-state index contributed by atoms with van der Waals surface area (Å²) in [6.07, 6.45) is 5.11. The molecule has 188 valence electrons. The van der Waals surface area contributed by atoms with E-state index in [-0.39, 0.29) is 23.6 Å². The molecule has 0 radical (unpaired) electrons. The van der Waals surface area contributed by atoms with Crippen molar-refractivity contribution in [2.24, 2.45) is 0 Å². The molecule has 2 rings (SSSR count). The number of benzene rings is 2. The summed E-state index contributed by atoms with van der Waals surface area (Å²) in [4.78, 5) is 51.5. The second-order valence-electron chi connectivity index (χ2n) is 8.92. The highest BCUT2D eigenvalue weighted by molar-refractivity contribution is 5.97. The minimum Gasteiger partial charge on any atom is -0.345 e. The Morgan fingerprint density at radius 3 is 1.34 bits per heavy atom. The highest BCUT2D eigenvalue weighted by Gasteiger charge is 2.11. The van der Waals surface area contributed by atoms with Gasteiger partial charge in [-0.2, -0.15) is 0 Å². The quantitative estimate of drug-likeness (QED) is 0.440. The molecule has 0 aliphatic carbocycles. The zero-order chi connectivity index (χ0) is 25.8. The van der Waals surface area contributed by atoms with Crippen LogP contribution >= 0.6 is 0 Å². The van der Waals surface area contributed by atoms with Crippen molar-refractivity contribution in [1.82, 2.24) is 9.80 Å². The lowest BCUT2D eigenvalue weighted by Gasteiger charge is -2.12. The number of nitrogens with one attached hydrogen (secondary N) is 2. The van der Waals surface area contributed by atoms with Gasteiger partial charge < -0.3 is 20.4 Å². The molecule has 0 unspecified atom stereocenters. The van der Waals surface area contributed by atoms with E-state index in [2.05, 4.69) is 10.6 Å². The van der Waals surface area contributed by atoms with Gasteiger partial charge in [0.1, 0.15) is 0 Å². The molecule has 0 saturated carbocycles. The predicted molar refractivity (Wildman–Crippen MR) is 138 cm³/mol. The van der Waals surface area contributed by atoms with Crippen molar-refractivity contribution < 1.29 is 19.2 Å². The molecule has 8 heteroatoms. The van der Waals surface area contributed by atoms with Gasteiger partial charge in [-0.25, -0.2) is 0 Å². The molecule has 0 atom stereocenters. The van der Waals surface area contributed by atoms with Gasteiger partial charge in [-0.15, -0.1) is 0 Å². The zero-order valence-corrected chi connectivity index (χ0v) is 21.1. The molecule has 2 N–H and O–H groups in total. The van der Waals surface area contributed by atoms with E-state index < -0.39 is 0 Å². The SMILES string of the molecule is CN(C)C(=O)c1cccc(NC(=O)CCCCCCCC(=O)Nc2cccc(C(=O)N(C)C)c2)c1. The molecular weight excluding hydrogens is 444 g/mol. The van der Waals surface area contributed by atoms with Crippen LogP contribution in [0.1, 0.15) is 65.7 Å². The molecule has 0 aromatic heterocycles. The molecule has 0 spiro atoms. The third-order valence-electron chi connectivity index (χ3n) is 5.41. The second kappa shape index (κ2) is 13.9. The maximum absolute atomic E-state index is 12.2. The van der Waals surface area contributed by atoms with Crippen LogP contribution in [-0.2, 0) is 9.59 Å². The number of nitrogens with zero attached hydrogens (tertiary/aromatic N) is 2. The van der Waals surface area contributed by atoms with E-state index in [0.717, 1.165) is 32.1 Å². The Balaban J connectivity index is 1.61. The molecule has 0 heterocycles. The van der Waals surface area contributed by atoms with E-state index in [1.807, 2.05) is 0 Å². The van der Waals surface area contributed by atoms with Crippen LogP contribution in [0.15, 0.2) is 48.5 Å². The number of amides is 4. The van der Waals surface area contributed by atoms with Gasteiger partial charge >= 0.3 is 0 Å². The van der Waals surface area contributed by atoms with Gasteiger partial charge in [0.25, 0.3) is 11.8 Å². The van der Waals surface area contributed by atoms with Crippen molar-refractivity contribution in [3.05, 3.63) is 59.7 Å². The van der Waals surface area contributed by atoms with Gasteiger partial charge in [0.15, 0.2) is 0 Å². The van der Waals surface area contributed by atoms with Crippen LogP contribution < -0.4 is 10.6 Å². The van der Waals surface area contributed by atoms with Gasteiger partial charge in [-0.3, -0.25) is 19.2 Å². The molecule has 8 nitrogen and oxygen atoms in total. The van der Waals surface area contributed by atoms with Crippen LogP contribution in [0.4, 0.5) is 11.4 Å². The van der Waals surface area contributed by atoms with E-state index in [1.165, 1.54) is 9.80 Å². The fraction of sp³-hybridized carbons (Fsp3) is 0.407. The largest absolute Gasteiger partial charge is 0.345 e. The van der Waals surface area contributed by atoms with Gasteiger partial charge in [0, 0.05) is 63.5 Å². The lowest BCUT2D eigenvalue weighted by Crippen LogP contribution is -2.21. The maximum atomic E-state index is 12.2. The Bertz CT molecular complexity index is 952. The van der Waals surface area contributed by atoms with Crippen LogP contribution in [0.5, 0.6) is 0 Å². The summed E-state index contributed by atoms with van der Waals surface area (Å²) < 4.78 is 0. The van der Waals surface area contributed by atoms with Gasteiger partial charge in [0.2, 0.25) is 11.8 Å². The first-order valence-corrected chi connectivity index (χ1v) is 11.9. The van der Waals surface area contributed by atoms with E-state index in [0.29, 0.717) is 35.3 Å². The lowest BCUT2D eigenvalue weighted by molar-refractivity contribution is -0.117. The van der Waals surface area contributed by atoms with Gasteiger partial charge in [0.05, 0.1) is 0 Å². The monoisotopic (exact) mass is 480 g/mol. The summed E-state index contributed by atoms with van der Waals surface area (Å²) in [7, 11) is 6.76. The van der Waals surface area contributed by atoms with Gasteiger partial charge in [-0.05, 0) is 49.2 Å².